The standard InChI is InChI=1S/C27H23N5O4S/c1-16-6-7-17(2)23(11-16)36-21-13-19(12-20(14-21)32(34)35)29-25(33)15-31-27-26(18(3)30-31)22(8-9-28-27)24-5-4-10-37-24/h4-14H,15H2,1-3H3,(H,29,33). The van der Waals surface area contributed by atoms with Gasteiger partial charge in [-0.3, -0.25) is 14.9 Å². The van der Waals surface area contributed by atoms with Crippen LogP contribution in [0.1, 0.15) is 16.8 Å². The molecular formula is C27H23N5O4S. The first-order valence-corrected chi connectivity index (χ1v) is 12.4. The molecule has 0 spiro atoms. The number of benzene rings is 2. The summed E-state index contributed by atoms with van der Waals surface area (Å²) in [6.07, 6.45) is 1.70. The van der Waals surface area contributed by atoms with Crippen molar-refractivity contribution in [2.24, 2.45) is 0 Å². The minimum Gasteiger partial charge on any atom is -0.457 e. The average molecular weight is 514 g/mol. The van der Waals surface area contributed by atoms with Crippen LogP contribution < -0.4 is 10.1 Å². The van der Waals surface area contributed by atoms with Crippen LogP contribution in [0.15, 0.2) is 66.2 Å². The number of carbonyl (C=O) groups excluding carboxylic acids is 1. The van der Waals surface area contributed by atoms with Crippen molar-refractivity contribution in [3.8, 4) is 21.9 Å². The molecule has 186 valence electrons. The maximum Gasteiger partial charge on any atom is 0.275 e. The van der Waals surface area contributed by atoms with E-state index in [9.17, 15) is 14.9 Å². The molecule has 0 saturated heterocycles. The Labute approximate surface area is 216 Å². The SMILES string of the molecule is Cc1ccc(C)c(Oc2cc(NC(=O)Cn3nc(C)c4c(-c5cccs5)ccnc43)cc([N+](=O)[O-])c2)c1. The van der Waals surface area contributed by atoms with Crippen LogP contribution >= 0.6 is 11.3 Å². The van der Waals surface area contributed by atoms with Gasteiger partial charge in [-0.25, -0.2) is 9.67 Å². The fraction of sp³-hybridized carbons (Fsp3) is 0.148. The number of aromatic nitrogens is 3. The predicted molar refractivity (Wildman–Crippen MR) is 143 cm³/mol. The third kappa shape index (κ3) is 5.05. The van der Waals surface area contributed by atoms with E-state index < -0.39 is 10.8 Å². The molecule has 0 unspecified atom stereocenters. The molecule has 3 aromatic heterocycles. The number of aryl methyl sites for hydroxylation is 3. The molecule has 0 fully saturated rings. The van der Waals surface area contributed by atoms with Gasteiger partial charge < -0.3 is 10.1 Å². The van der Waals surface area contributed by atoms with Gasteiger partial charge in [0, 0.05) is 28.8 Å². The summed E-state index contributed by atoms with van der Waals surface area (Å²) in [6.45, 7) is 5.60. The summed E-state index contributed by atoms with van der Waals surface area (Å²) in [5.41, 5.74) is 4.31. The van der Waals surface area contributed by atoms with E-state index in [0.29, 0.717) is 11.4 Å². The monoisotopic (exact) mass is 513 g/mol. The van der Waals surface area contributed by atoms with Crippen molar-refractivity contribution in [1.82, 2.24) is 14.8 Å². The van der Waals surface area contributed by atoms with E-state index in [4.69, 9.17) is 4.74 Å². The second-order valence-corrected chi connectivity index (χ2v) is 9.62. The van der Waals surface area contributed by atoms with Crippen LogP contribution in [0.5, 0.6) is 11.5 Å². The van der Waals surface area contributed by atoms with Crippen LogP contribution in [-0.4, -0.2) is 25.6 Å². The highest BCUT2D eigenvalue weighted by molar-refractivity contribution is 7.13. The van der Waals surface area contributed by atoms with E-state index in [1.807, 2.05) is 62.5 Å². The molecule has 9 nitrogen and oxygen atoms in total. The number of pyridine rings is 1. The van der Waals surface area contributed by atoms with Gasteiger partial charge in [-0.1, -0.05) is 18.2 Å². The Bertz CT molecular complexity index is 1640. The summed E-state index contributed by atoms with van der Waals surface area (Å²) >= 11 is 1.62. The number of non-ortho nitro benzene ring substituents is 1. The highest BCUT2D eigenvalue weighted by Crippen LogP contribution is 2.34. The van der Waals surface area contributed by atoms with Crippen LogP contribution in [0.2, 0.25) is 0 Å². The van der Waals surface area contributed by atoms with Crippen LogP contribution in [0, 0.1) is 30.9 Å². The van der Waals surface area contributed by atoms with Crippen molar-refractivity contribution in [2.45, 2.75) is 27.3 Å². The Morgan fingerprint density at radius 3 is 2.73 bits per heavy atom. The van der Waals surface area contributed by atoms with E-state index in [1.165, 1.54) is 12.1 Å². The van der Waals surface area contributed by atoms with Crippen molar-refractivity contribution in [1.29, 1.82) is 0 Å². The average Bonchev–Trinajstić information content (AvgIpc) is 3.50. The number of amides is 1. The minimum absolute atomic E-state index is 0.110. The van der Waals surface area contributed by atoms with E-state index in [2.05, 4.69) is 15.4 Å². The largest absolute Gasteiger partial charge is 0.457 e. The molecule has 5 aromatic rings. The lowest BCUT2D eigenvalue weighted by Crippen LogP contribution is -2.20. The molecule has 1 N–H and O–H groups in total. The van der Waals surface area contributed by atoms with Crippen LogP contribution in [0.3, 0.4) is 0 Å². The smallest absolute Gasteiger partial charge is 0.275 e. The minimum atomic E-state index is -0.522. The second kappa shape index (κ2) is 9.82. The van der Waals surface area contributed by atoms with Gasteiger partial charge in [0.25, 0.3) is 5.69 Å². The number of fused-ring (bicyclic) bond motifs is 1. The van der Waals surface area contributed by atoms with E-state index in [1.54, 1.807) is 28.3 Å². The van der Waals surface area contributed by atoms with E-state index >= 15 is 0 Å². The Morgan fingerprint density at radius 1 is 1.14 bits per heavy atom. The van der Waals surface area contributed by atoms with E-state index in [0.717, 1.165) is 32.6 Å². The number of thiophene rings is 1. The second-order valence-electron chi connectivity index (χ2n) is 8.67. The molecule has 10 heteroatoms. The van der Waals surface area contributed by atoms with Crippen LogP contribution in [0.4, 0.5) is 11.4 Å². The zero-order chi connectivity index (χ0) is 26.1. The van der Waals surface area contributed by atoms with Crippen molar-refractivity contribution < 1.29 is 14.5 Å². The molecule has 0 aliphatic rings. The fourth-order valence-electron chi connectivity index (χ4n) is 4.13. The maximum atomic E-state index is 13.0. The van der Waals surface area contributed by atoms with Gasteiger partial charge in [-0.05, 0) is 55.5 Å². The molecule has 1 amide bonds. The predicted octanol–water partition coefficient (Wildman–Crippen LogP) is 6.42. The summed E-state index contributed by atoms with van der Waals surface area (Å²) in [6, 6.07) is 15.9. The third-order valence-electron chi connectivity index (χ3n) is 5.85. The number of ether oxygens (including phenoxy) is 1. The molecule has 0 aliphatic heterocycles. The number of carbonyl (C=O) groups is 1. The molecule has 0 saturated carbocycles. The molecule has 3 heterocycles. The molecule has 5 rings (SSSR count). The number of hydrogen-bond acceptors (Lipinski definition) is 7. The summed E-state index contributed by atoms with van der Waals surface area (Å²) in [5, 5.41) is 21.7. The summed E-state index contributed by atoms with van der Waals surface area (Å²) in [5.74, 6) is 0.440. The molecule has 37 heavy (non-hydrogen) atoms. The normalized spacial score (nSPS) is 11.0. The summed E-state index contributed by atoms with van der Waals surface area (Å²) in [7, 11) is 0. The van der Waals surface area contributed by atoms with Crippen molar-refractivity contribution in [3.05, 3.63) is 93.1 Å². The summed E-state index contributed by atoms with van der Waals surface area (Å²) < 4.78 is 7.49. The number of nitro benzene ring substituents is 1. The molecule has 0 radical (unpaired) electrons. The number of anilines is 1. The molecule has 0 aliphatic carbocycles. The fourth-order valence-corrected chi connectivity index (χ4v) is 4.89. The maximum absolute atomic E-state index is 13.0. The Morgan fingerprint density at radius 2 is 1.97 bits per heavy atom. The molecule has 0 bridgehead atoms. The Balaban J connectivity index is 1.41. The lowest BCUT2D eigenvalue weighted by molar-refractivity contribution is -0.384. The van der Waals surface area contributed by atoms with Gasteiger partial charge in [0.2, 0.25) is 5.91 Å². The van der Waals surface area contributed by atoms with Gasteiger partial charge in [0.15, 0.2) is 5.65 Å². The summed E-state index contributed by atoms with van der Waals surface area (Å²) in [4.78, 5) is 29.6. The number of nitrogens with zero attached hydrogens (tertiary/aromatic N) is 4. The Kier molecular flexibility index (Phi) is 6.41. The van der Waals surface area contributed by atoms with Gasteiger partial charge in [-0.15, -0.1) is 11.3 Å². The number of rotatable bonds is 7. The highest BCUT2D eigenvalue weighted by atomic mass is 32.1. The number of hydrogen-bond donors (Lipinski definition) is 1. The highest BCUT2D eigenvalue weighted by Gasteiger charge is 2.18. The van der Waals surface area contributed by atoms with Gasteiger partial charge in [0.05, 0.1) is 27.8 Å². The van der Waals surface area contributed by atoms with Crippen molar-refractivity contribution in [2.75, 3.05) is 5.32 Å². The first kappa shape index (κ1) is 24.1. The molecule has 0 atom stereocenters. The lowest BCUT2D eigenvalue weighted by Gasteiger charge is -2.12. The van der Waals surface area contributed by atoms with Gasteiger partial charge >= 0.3 is 0 Å². The van der Waals surface area contributed by atoms with Crippen LogP contribution in [-0.2, 0) is 11.3 Å². The first-order valence-electron chi connectivity index (χ1n) is 11.5. The Hall–Kier alpha value is -4.57. The van der Waals surface area contributed by atoms with Crippen molar-refractivity contribution >= 4 is 39.7 Å². The zero-order valence-corrected chi connectivity index (χ0v) is 21.2. The molecule has 2 aromatic carbocycles. The van der Waals surface area contributed by atoms with Crippen molar-refractivity contribution in [3.63, 3.8) is 0 Å². The third-order valence-corrected chi connectivity index (χ3v) is 6.75. The zero-order valence-electron chi connectivity index (χ0n) is 20.4. The first-order chi connectivity index (χ1) is 17.8. The van der Waals surface area contributed by atoms with Crippen LogP contribution in [0.25, 0.3) is 21.5 Å². The topological polar surface area (TPSA) is 112 Å². The van der Waals surface area contributed by atoms with E-state index in [-0.39, 0.29) is 23.7 Å². The lowest BCUT2D eigenvalue weighted by atomic mass is 10.1. The van der Waals surface area contributed by atoms with Gasteiger partial charge in [0.1, 0.15) is 18.0 Å². The molecular weight excluding hydrogens is 490 g/mol. The number of nitrogens with one attached hydrogen (secondary N) is 1. The number of nitro groups is 1. The quantitative estimate of drug-likeness (QED) is 0.198. The van der Waals surface area contributed by atoms with Gasteiger partial charge in [-0.2, -0.15) is 5.10 Å².